The maximum Gasteiger partial charge on any atom is 0.345 e. The van der Waals surface area contributed by atoms with E-state index in [-0.39, 0.29) is 0 Å². The summed E-state index contributed by atoms with van der Waals surface area (Å²) in [5.41, 5.74) is 3.94. The van der Waals surface area contributed by atoms with Gasteiger partial charge in [-0.05, 0) is 48.5 Å². The molecule has 0 unspecified atom stereocenters. The average molecular weight is 489 g/mol. The molecule has 3 amide bonds. The van der Waals surface area contributed by atoms with Gasteiger partial charge in [0.2, 0.25) is 6.41 Å². The number of ether oxygens (including phenoxy) is 4. The minimum Gasteiger partial charge on any atom is -0.494 e. The number of nitrogens with one attached hydrogen (secondary N) is 2. The standard InChI is InChI=1S/C26H24N4O6/c1-33-23-7-5-4-6-21(23)30(28-16-31)26(32)29-17-8-10-18(11-9-17)36-22-12-13-27-20-15-25(35-3)24(34-2)14-19(20)22/h4-16H,1-3H3,(H,28,31)(H,29,32). The van der Waals surface area contributed by atoms with Crippen LogP contribution in [-0.4, -0.2) is 38.8 Å². The van der Waals surface area contributed by atoms with Crippen LogP contribution in [0.3, 0.4) is 0 Å². The van der Waals surface area contributed by atoms with E-state index >= 15 is 0 Å². The van der Waals surface area contributed by atoms with Gasteiger partial charge in [0.05, 0.1) is 26.8 Å². The summed E-state index contributed by atoms with van der Waals surface area (Å²) in [6.45, 7) is 0. The lowest BCUT2D eigenvalue weighted by atomic mass is 10.2. The Morgan fingerprint density at radius 3 is 2.25 bits per heavy atom. The first-order valence-electron chi connectivity index (χ1n) is 10.8. The summed E-state index contributed by atoms with van der Waals surface area (Å²) in [6, 6.07) is 18.4. The molecule has 10 heteroatoms. The topological polar surface area (TPSA) is 111 Å². The van der Waals surface area contributed by atoms with Crippen LogP contribution in [0.15, 0.2) is 72.9 Å². The smallest absolute Gasteiger partial charge is 0.345 e. The van der Waals surface area contributed by atoms with Gasteiger partial charge in [-0.15, -0.1) is 0 Å². The number of nitrogens with zero attached hydrogens (tertiary/aromatic N) is 2. The SMILES string of the molecule is COc1cc2nccc(Oc3ccc(NC(=O)N(NC=O)c4ccccc4OC)cc3)c2cc1OC. The minimum atomic E-state index is -0.582. The highest BCUT2D eigenvalue weighted by Gasteiger charge is 2.19. The number of rotatable bonds is 9. The highest BCUT2D eigenvalue weighted by atomic mass is 16.5. The molecule has 4 rings (SSSR count). The number of hydrogen-bond donors (Lipinski definition) is 2. The van der Waals surface area contributed by atoms with E-state index in [1.807, 2.05) is 0 Å². The van der Waals surface area contributed by atoms with Crippen LogP contribution < -0.4 is 34.7 Å². The molecule has 184 valence electrons. The number of hydrazine groups is 1. The molecule has 4 aromatic rings. The molecule has 0 saturated carbocycles. The molecule has 0 saturated heterocycles. The Kier molecular flexibility index (Phi) is 7.35. The lowest BCUT2D eigenvalue weighted by Gasteiger charge is -2.23. The highest BCUT2D eigenvalue weighted by Crippen LogP contribution is 2.37. The van der Waals surface area contributed by atoms with Crippen molar-refractivity contribution in [3.05, 3.63) is 72.9 Å². The zero-order chi connectivity index (χ0) is 25.5. The average Bonchev–Trinajstić information content (AvgIpc) is 2.92. The van der Waals surface area contributed by atoms with Crippen molar-refractivity contribution in [1.29, 1.82) is 0 Å². The van der Waals surface area contributed by atoms with Crippen molar-refractivity contribution in [3.63, 3.8) is 0 Å². The summed E-state index contributed by atoms with van der Waals surface area (Å²) >= 11 is 0. The van der Waals surface area contributed by atoms with Crippen LogP contribution in [0, 0.1) is 0 Å². The van der Waals surface area contributed by atoms with Gasteiger partial charge in [-0.3, -0.25) is 15.2 Å². The lowest BCUT2D eigenvalue weighted by molar-refractivity contribution is -0.109. The van der Waals surface area contributed by atoms with Gasteiger partial charge in [-0.2, -0.15) is 5.01 Å². The summed E-state index contributed by atoms with van der Waals surface area (Å²) in [7, 11) is 4.61. The van der Waals surface area contributed by atoms with E-state index in [4.69, 9.17) is 18.9 Å². The second-order valence-corrected chi connectivity index (χ2v) is 7.34. The normalized spacial score (nSPS) is 10.3. The van der Waals surface area contributed by atoms with E-state index in [0.29, 0.717) is 52.0 Å². The third-order valence-electron chi connectivity index (χ3n) is 5.25. The largest absolute Gasteiger partial charge is 0.494 e. The molecule has 0 aliphatic heterocycles. The number of urea groups is 1. The Labute approximate surface area is 207 Å². The van der Waals surface area contributed by atoms with Crippen LogP contribution in [-0.2, 0) is 4.79 Å². The molecule has 3 aromatic carbocycles. The van der Waals surface area contributed by atoms with Crippen molar-refractivity contribution in [3.8, 4) is 28.7 Å². The molecule has 0 spiro atoms. The van der Waals surface area contributed by atoms with Crippen molar-refractivity contribution in [2.24, 2.45) is 0 Å². The fourth-order valence-corrected chi connectivity index (χ4v) is 3.55. The molecule has 0 aliphatic rings. The van der Waals surface area contributed by atoms with Gasteiger partial charge in [0.15, 0.2) is 11.5 Å². The summed E-state index contributed by atoms with van der Waals surface area (Å²) in [5, 5.41) is 4.55. The predicted molar refractivity (Wildman–Crippen MR) is 135 cm³/mol. The predicted octanol–water partition coefficient (Wildman–Crippen LogP) is 4.75. The Morgan fingerprint density at radius 2 is 1.56 bits per heavy atom. The summed E-state index contributed by atoms with van der Waals surface area (Å²) in [5.74, 6) is 2.67. The van der Waals surface area contributed by atoms with E-state index in [1.165, 1.54) is 7.11 Å². The van der Waals surface area contributed by atoms with Crippen LogP contribution in [0.25, 0.3) is 10.9 Å². The quantitative estimate of drug-likeness (QED) is 0.258. The number of aromatic nitrogens is 1. The van der Waals surface area contributed by atoms with Crippen LogP contribution in [0.5, 0.6) is 28.7 Å². The monoisotopic (exact) mass is 488 g/mol. The van der Waals surface area contributed by atoms with Crippen LogP contribution in [0.2, 0.25) is 0 Å². The van der Waals surface area contributed by atoms with Crippen molar-refractivity contribution in [2.75, 3.05) is 31.7 Å². The molecule has 1 aromatic heterocycles. The maximum atomic E-state index is 12.9. The second-order valence-electron chi connectivity index (χ2n) is 7.34. The molecule has 36 heavy (non-hydrogen) atoms. The number of pyridine rings is 1. The molecule has 0 fully saturated rings. The zero-order valence-electron chi connectivity index (χ0n) is 19.8. The van der Waals surface area contributed by atoms with E-state index in [1.54, 1.807) is 87.1 Å². The fourth-order valence-electron chi connectivity index (χ4n) is 3.55. The molecule has 0 bridgehead atoms. The van der Waals surface area contributed by atoms with E-state index in [9.17, 15) is 9.59 Å². The van der Waals surface area contributed by atoms with Gasteiger partial charge in [-0.25, -0.2) is 4.79 Å². The number of anilines is 2. The number of amides is 3. The number of fused-ring (bicyclic) bond motifs is 1. The first-order chi connectivity index (χ1) is 17.6. The number of para-hydroxylation sites is 2. The van der Waals surface area contributed by atoms with Crippen LogP contribution in [0.4, 0.5) is 16.2 Å². The molecule has 0 radical (unpaired) electrons. The molecule has 10 nitrogen and oxygen atoms in total. The van der Waals surface area contributed by atoms with Gasteiger partial charge < -0.3 is 24.3 Å². The molecular weight excluding hydrogens is 464 g/mol. The van der Waals surface area contributed by atoms with E-state index in [2.05, 4.69) is 15.7 Å². The Morgan fingerprint density at radius 1 is 0.861 bits per heavy atom. The Bertz CT molecular complexity index is 1380. The van der Waals surface area contributed by atoms with Gasteiger partial charge in [0.25, 0.3) is 0 Å². The first kappa shape index (κ1) is 24.1. The zero-order valence-corrected chi connectivity index (χ0v) is 19.8. The molecular formula is C26H24N4O6. The molecule has 0 atom stereocenters. The van der Waals surface area contributed by atoms with Crippen molar-refractivity contribution >= 4 is 34.7 Å². The van der Waals surface area contributed by atoms with Gasteiger partial charge in [-0.1, -0.05) is 12.1 Å². The van der Waals surface area contributed by atoms with E-state index < -0.39 is 6.03 Å². The van der Waals surface area contributed by atoms with Crippen LogP contribution >= 0.6 is 0 Å². The highest BCUT2D eigenvalue weighted by molar-refractivity contribution is 6.03. The van der Waals surface area contributed by atoms with Crippen LogP contribution in [0.1, 0.15) is 0 Å². The first-order valence-corrected chi connectivity index (χ1v) is 10.8. The van der Waals surface area contributed by atoms with Gasteiger partial charge >= 0.3 is 6.03 Å². The van der Waals surface area contributed by atoms with Gasteiger partial charge in [0.1, 0.15) is 22.9 Å². The third kappa shape index (κ3) is 5.07. The van der Waals surface area contributed by atoms with E-state index in [0.717, 1.165) is 10.4 Å². The lowest BCUT2D eigenvalue weighted by Crippen LogP contribution is -2.45. The minimum absolute atomic E-state index is 0.376. The molecule has 2 N–H and O–H groups in total. The van der Waals surface area contributed by atoms with Crippen molar-refractivity contribution < 1.29 is 28.5 Å². The summed E-state index contributed by atoms with van der Waals surface area (Å²) in [6.07, 6.45) is 2.05. The number of methoxy groups -OCH3 is 3. The molecule has 0 aliphatic carbocycles. The number of hydrogen-bond acceptors (Lipinski definition) is 7. The summed E-state index contributed by atoms with van der Waals surface area (Å²) in [4.78, 5) is 28.4. The summed E-state index contributed by atoms with van der Waals surface area (Å²) < 4.78 is 22.1. The van der Waals surface area contributed by atoms with Crippen molar-refractivity contribution in [1.82, 2.24) is 10.4 Å². The number of carbonyl (C=O) groups is 2. The second kappa shape index (κ2) is 11.0. The molecule has 1 heterocycles. The van der Waals surface area contributed by atoms with Gasteiger partial charge in [0, 0.05) is 23.3 Å². The number of carbonyl (C=O) groups excluding carboxylic acids is 2. The Balaban J connectivity index is 1.53. The maximum absolute atomic E-state index is 12.9. The fraction of sp³-hybridized carbons (Fsp3) is 0.115. The third-order valence-corrected chi connectivity index (χ3v) is 5.25. The number of benzene rings is 3. The van der Waals surface area contributed by atoms with Crippen molar-refractivity contribution in [2.45, 2.75) is 0 Å². The Hall–Kier alpha value is -4.99.